The van der Waals surface area contributed by atoms with Gasteiger partial charge in [0.05, 0.1) is 29.4 Å². The van der Waals surface area contributed by atoms with Crippen molar-refractivity contribution in [3.8, 4) is 11.8 Å². The molecule has 0 unspecified atom stereocenters. The maximum absolute atomic E-state index is 12.8. The Morgan fingerprint density at radius 2 is 1.91 bits per heavy atom. The first-order valence-corrected chi connectivity index (χ1v) is 12.3. The minimum Gasteiger partial charge on any atom is -0.497 e. The molecule has 0 atom stereocenters. The van der Waals surface area contributed by atoms with Gasteiger partial charge in [0, 0.05) is 11.4 Å². The van der Waals surface area contributed by atoms with Gasteiger partial charge >= 0.3 is 0 Å². The summed E-state index contributed by atoms with van der Waals surface area (Å²) in [5.74, 6) is 0.337. The lowest BCUT2D eigenvalue weighted by atomic mass is 10.2. The Kier molecular flexibility index (Phi) is 6.72. The van der Waals surface area contributed by atoms with Gasteiger partial charge in [0.1, 0.15) is 11.3 Å². The lowest BCUT2D eigenvalue weighted by molar-refractivity contribution is -0.113. The standard InChI is InChI=1S/C23H18N4O5S2/c1-31-18-7-5-16(6-8-18)27-34(29,30)19-9-10-21-20(12-19)26-23(32-21)33-14-22(28)25-17-4-2-3-15(11-17)13-24/h2-12,27H,14H2,1H3,(H,25,28). The molecule has 1 amide bonds. The number of amides is 1. The van der Waals surface area contributed by atoms with Crippen LogP contribution in [-0.4, -0.2) is 32.2 Å². The highest BCUT2D eigenvalue weighted by Gasteiger charge is 2.17. The summed E-state index contributed by atoms with van der Waals surface area (Å²) >= 11 is 1.07. The van der Waals surface area contributed by atoms with Gasteiger partial charge in [0.25, 0.3) is 15.2 Å². The Hall–Kier alpha value is -4.01. The number of sulfonamides is 1. The summed E-state index contributed by atoms with van der Waals surface area (Å²) in [7, 11) is -2.32. The second-order valence-electron chi connectivity index (χ2n) is 6.97. The summed E-state index contributed by atoms with van der Waals surface area (Å²) in [6.07, 6.45) is 0. The largest absolute Gasteiger partial charge is 0.497 e. The van der Waals surface area contributed by atoms with Crippen molar-refractivity contribution in [1.82, 2.24) is 4.98 Å². The van der Waals surface area contributed by atoms with E-state index in [1.54, 1.807) is 48.5 Å². The third-order valence-electron chi connectivity index (χ3n) is 4.59. The van der Waals surface area contributed by atoms with Crippen LogP contribution in [0, 0.1) is 11.3 Å². The average molecular weight is 495 g/mol. The molecule has 0 aliphatic rings. The molecule has 4 rings (SSSR count). The van der Waals surface area contributed by atoms with E-state index < -0.39 is 10.0 Å². The number of anilines is 2. The van der Waals surface area contributed by atoms with E-state index in [-0.39, 0.29) is 21.8 Å². The molecule has 1 aromatic heterocycles. The number of benzene rings is 3. The molecule has 0 aliphatic heterocycles. The quantitative estimate of drug-likeness (QED) is 0.347. The molecule has 3 aromatic carbocycles. The zero-order valence-corrected chi connectivity index (χ0v) is 19.4. The molecular weight excluding hydrogens is 476 g/mol. The van der Waals surface area contributed by atoms with Gasteiger partial charge in [-0.2, -0.15) is 5.26 Å². The number of carbonyl (C=O) groups is 1. The molecule has 0 bridgehead atoms. The molecule has 4 aromatic rings. The molecule has 172 valence electrons. The van der Waals surface area contributed by atoms with Crippen molar-refractivity contribution >= 4 is 50.2 Å². The maximum atomic E-state index is 12.8. The highest BCUT2D eigenvalue weighted by atomic mass is 32.2. The molecule has 0 aliphatic carbocycles. The fraction of sp³-hybridized carbons (Fsp3) is 0.0870. The van der Waals surface area contributed by atoms with Gasteiger partial charge in [-0.05, 0) is 60.7 Å². The molecule has 9 nitrogen and oxygen atoms in total. The number of fused-ring (bicyclic) bond motifs is 1. The number of nitriles is 1. The summed E-state index contributed by atoms with van der Waals surface area (Å²) in [4.78, 5) is 16.5. The van der Waals surface area contributed by atoms with Crippen LogP contribution in [0.3, 0.4) is 0 Å². The van der Waals surface area contributed by atoms with Crippen LogP contribution in [-0.2, 0) is 14.8 Å². The highest BCUT2D eigenvalue weighted by Crippen LogP contribution is 2.27. The average Bonchev–Trinajstić information content (AvgIpc) is 3.25. The van der Waals surface area contributed by atoms with Crippen molar-refractivity contribution in [3.05, 3.63) is 72.3 Å². The first-order chi connectivity index (χ1) is 16.4. The van der Waals surface area contributed by atoms with Crippen molar-refractivity contribution in [1.29, 1.82) is 5.26 Å². The summed E-state index contributed by atoms with van der Waals surface area (Å²) in [5.41, 5.74) is 2.09. The van der Waals surface area contributed by atoms with Gasteiger partial charge in [-0.3, -0.25) is 9.52 Å². The molecule has 11 heteroatoms. The van der Waals surface area contributed by atoms with Crippen molar-refractivity contribution in [2.45, 2.75) is 10.1 Å². The second kappa shape index (κ2) is 9.86. The Labute approximate surface area is 199 Å². The van der Waals surface area contributed by atoms with E-state index in [2.05, 4.69) is 15.0 Å². The SMILES string of the molecule is COc1ccc(NS(=O)(=O)c2ccc3oc(SCC(=O)Nc4cccc(C#N)c4)nc3c2)cc1. The Balaban J connectivity index is 1.43. The number of methoxy groups -OCH3 is 1. The van der Waals surface area contributed by atoms with Gasteiger partial charge < -0.3 is 14.5 Å². The van der Waals surface area contributed by atoms with Crippen molar-refractivity contribution in [2.75, 3.05) is 22.9 Å². The van der Waals surface area contributed by atoms with Gasteiger partial charge in [0.15, 0.2) is 5.58 Å². The summed E-state index contributed by atoms with van der Waals surface area (Å²) in [6, 6.07) is 19.4. The van der Waals surface area contributed by atoms with Crippen LogP contribution in [0.15, 0.2) is 81.3 Å². The number of nitrogens with zero attached hydrogens (tertiary/aromatic N) is 2. The molecule has 34 heavy (non-hydrogen) atoms. The predicted molar refractivity (Wildman–Crippen MR) is 128 cm³/mol. The van der Waals surface area contributed by atoms with Crippen molar-refractivity contribution in [2.24, 2.45) is 0 Å². The smallest absolute Gasteiger partial charge is 0.261 e. The lowest BCUT2D eigenvalue weighted by Crippen LogP contribution is -2.14. The third-order valence-corrected chi connectivity index (χ3v) is 6.80. The molecule has 2 N–H and O–H groups in total. The summed E-state index contributed by atoms with van der Waals surface area (Å²) in [6.45, 7) is 0. The Morgan fingerprint density at radius 1 is 1.12 bits per heavy atom. The number of oxazole rings is 1. The lowest BCUT2D eigenvalue weighted by Gasteiger charge is -2.08. The molecule has 0 fully saturated rings. The predicted octanol–water partition coefficient (Wildman–Crippen LogP) is 4.24. The van der Waals surface area contributed by atoms with Crippen molar-refractivity contribution < 1.29 is 22.4 Å². The van der Waals surface area contributed by atoms with Crippen LogP contribution >= 0.6 is 11.8 Å². The first kappa shape index (κ1) is 23.2. The van der Waals surface area contributed by atoms with Crippen LogP contribution in [0.1, 0.15) is 5.56 Å². The zero-order valence-electron chi connectivity index (χ0n) is 17.8. The minimum atomic E-state index is -3.85. The molecule has 0 saturated heterocycles. The molecule has 0 spiro atoms. The number of rotatable bonds is 8. The number of thioether (sulfide) groups is 1. The molecule has 1 heterocycles. The first-order valence-electron chi connectivity index (χ1n) is 9.86. The van der Waals surface area contributed by atoms with E-state index in [4.69, 9.17) is 14.4 Å². The molecule has 0 saturated carbocycles. The zero-order chi connectivity index (χ0) is 24.1. The van der Waals surface area contributed by atoms with E-state index in [0.717, 1.165) is 11.8 Å². The normalized spacial score (nSPS) is 11.1. The number of hydrogen-bond donors (Lipinski definition) is 2. The van der Waals surface area contributed by atoms with E-state index >= 15 is 0 Å². The van der Waals surface area contributed by atoms with E-state index in [9.17, 15) is 13.2 Å². The fourth-order valence-corrected chi connectivity index (χ4v) is 4.70. The number of carbonyl (C=O) groups excluding carboxylic acids is 1. The maximum Gasteiger partial charge on any atom is 0.261 e. The van der Waals surface area contributed by atoms with Gasteiger partial charge in [-0.15, -0.1) is 0 Å². The Morgan fingerprint density at radius 3 is 2.65 bits per heavy atom. The Bertz CT molecular complexity index is 1490. The van der Waals surface area contributed by atoms with E-state index in [1.165, 1.54) is 25.3 Å². The van der Waals surface area contributed by atoms with E-state index in [1.807, 2.05) is 6.07 Å². The molecule has 0 radical (unpaired) electrons. The van der Waals surface area contributed by atoms with Crippen LogP contribution in [0.2, 0.25) is 0 Å². The second-order valence-corrected chi connectivity index (χ2v) is 9.58. The van der Waals surface area contributed by atoms with Crippen molar-refractivity contribution in [3.63, 3.8) is 0 Å². The topological polar surface area (TPSA) is 134 Å². The fourth-order valence-electron chi connectivity index (χ4n) is 2.98. The third kappa shape index (κ3) is 5.48. The van der Waals surface area contributed by atoms with Gasteiger partial charge in [-0.1, -0.05) is 17.8 Å². The monoisotopic (exact) mass is 494 g/mol. The number of nitrogens with one attached hydrogen (secondary N) is 2. The van der Waals surface area contributed by atoms with E-state index in [0.29, 0.717) is 33.8 Å². The van der Waals surface area contributed by atoms with Crippen LogP contribution < -0.4 is 14.8 Å². The minimum absolute atomic E-state index is 0.0216. The number of aromatic nitrogens is 1. The summed E-state index contributed by atoms with van der Waals surface area (Å²) < 4.78 is 38.7. The number of hydrogen-bond acceptors (Lipinski definition) is 8. The van der Waals surface area contributed by atoms with Gasteiger partial charge in [0.2, 0.25) is 5.91 Å². The van der Waals surface area contributed by atoms with Gasteiger partial charge in [-0.25, -0.2) is 13.4 Å². The number of ether oxygens (including phenoxy) is 1. The van der Waals surface area contributed by atoms with Crippen LogP contribution in [0.25, 0.3) is 11.1 Å². The van der Waals surface area contributed by atoms with Crippen LogP contribution in [0.5, 0.6) is 5.75 Å². The molecular formula is C23H18N4O5S2. The van der Waals surface area contributed by atoms with Crippen LogP contribution in [0.4, 0.5) is 11.4 Å². The highest BCUT2D eigenvalue weighted by molar-refractivity contribution is 7.99. The summed E-state index contributed by atoms with van der Waals surface area (Å²) in [5, 5.41) is 11.9.